The number of aromatic nitrogens is 1. The molecule has 1 aliphatic rings. The van der Waals surface area contributed by atoms with Crippen molar-refractivity contribution in [3.63, 3.8) is 0 Å². The summed E-state index contributed by atoms with van der Waals surface area (Å²) in [6.07, 6.45) is 1.68. The number of aryl methyl sites for hydroxylation is 1. The maximum Gasteiger partial charge on any atom is 0.419 e. The number of oxazole rings is 1. The minimum absolute atomic E-state index is 0.143. The number of fused-ring (bicyclic) bond motifs is 1. The first kappa shape index (κ1) is 19.4. The summed E-state index contributed by atoms with van der Waals surface area (Å²) in [5.74, 6) is -0.890. The van der Waals surface area contributed by atoms with Crippen molar-refractivity contribution in [1.82, 2.24) is 9.88 Å². The van der Waals surface area contributed by atoms with Gasteiger partial charge in [-0.3, -0.25) is 9.36 Å². The number of amides is 1. The second kappa shape index (κ2) is 8.21. The van der Waals surface area contributed by atoms with Crippen LogP contribution in [0.15, 0.2) is 57.7 Å². The average molecular weight is 398 g/mol. The number of hydrogen-bond donors (Lipinski definition) is 1. The van der Waals surface area contributed by atoms with Crippen LogP contribution in [-0.4, -0.2) is 30.2 Å². The van der Waals surface area contributed by atoms with Crippen LogP contribution in [0.4, 0.5) is 4.39 Å². The third-order valence-corrected chi connectivity index (χ3v) is 5.67. The number of nitrogens with zero attached hydrogens (tertiary/aromatic N) is 1. The number of carbonyl (C=O) groups excluding carboxylic acids is 1. The first-order valence-corrected chi connectivity index (χ1v) is 9.76. The minimum Gasteiger partial charge on any atom is -0.408 e. The molecule has 0 unspecified atom stereocenters. The molecular weight excluding hydrogens is 375 g/mol. The average Bonchev–Trinajstić information content (AvgIpc) is 3.07. The van der Waals surface area contributed by atoms with E-state index in [1.165, 1.54) is 16.7 Å². The largest absolute Gasteiger partial charge is 0.419 e. The van der Waals surface area contributed by atoms with E-state index in [1.54, 1.807) is 30.3 Å². The van der Waals surface area contributed by atoms with E-state index >= 15 is 0 Å². The Labute approximate surface area is 167 Å². The van der Waals surface area contributed by atoms with Crippen molar-refractivity contribution in [3.8, 4) is 0 Å². The normalized spacial score (nSPS) is 16.0. The summed E-state index contributed by atoms with van der Waals surface area (Å²) in [6.45, 7) is 1.89. The van der Waals surface area contributed by atoms with E-state index in [0.717, 1.165) is 18.4 Å². The van der Waals surface area contributed by atoms with Crippen LogP contribution < -0.4 is 11.1 Å². The first-order chi connectivity index (χ1) is 14.1. The van der Waals surface area contributed by atoms with Gasteiger partial charge in [0.2, 0.25) is 5.91 Å². The van der Waals surface area contributed by atoms with E-state index in [-0.39, 0.29) is 30.1 Å². The monoisotopic (exact) mass is 398 g/mol. The quantitative estimate of drug-likeness (QED) is 0.693. The molecule has 1 N–H and O–H groups in total. The molecule has 6 nitrogen and oxygen atoms in total. The molecule has 0 saturated carbocycles. The topological polar surface area (TPSA) is 73.5 Å². The summed E-state index contributed by atoms with van der Waals surface area (Å²) in [5.41, 5.74) is 1.91. The fourth-order valence-corrected chi connectivity index (χ4v) is 3.93. The maximum absolute atomic E-state index is 13.3. The van der Waals surface area contributed by atoms with Gasteiger partial charge in [0.25, 0.3) is 0 Å². The Morgan fingerprint density at radius 1 is 1.10 bits per heavy atom. The summed E-state index contributed by atoms with van der Waals surface area (Å²) in [4.78, 5) is 24.5. The number of ether oxygens (including phenoxy) is 1. The molecule has 0 aliphatic carbocycles. The molecule has 1 aliphatic heterocycles. The summed E-state index contributed by atoms with van der Waals surface area (Å²) >= 11 is 0. The van der Waals surface area contributed by atoms with Crippen LogP contribution in [0, 0.1) is 5.82 Å². The molecule has 29 heavy (non-hydrogen) atoms. The molecule has 1 saturated heterocycles. The Balaban J connectivity index is 1.42. The molecule has 4 rings (SSSR count). The molecule has 0 radical (unpaired) electrons. The molecule has 1 fully saturated rings. The van der Waals surface area contributed by atoms with E-state index in [1.807, 2.05) is 6.07 Å². The van der Waals surface area contributed by atoms with Crippen molar-refractivity contribution in [2.75, 3.05) is 19.8 Å². The Bertz CT molecular complexity index is 1050. The van der Waals surface area contributed by atoms with Gasteiger partial charge < -0.3 is 14.5 Å². The van der Waals surface area contributed by atoms with E-state index in [2.05, 4.69) is 5.32 Å². The Morgan fingerprint density at radius 3 is 2.59 bits per heavy atom. The Morgan fingerprint density at radius 2 is 1.83 bits per heavy atom. The second-order valence-corrected chi connectivity index (χ2v) is 7.41. The fraction of sp³-hybridized carbons (Fsp3) is 0.364. The molecule has 2 aromatic carbocycles. The molecular formula is C22H23FN2O4. The fourth-order valence-electron chi connectivity index (χ4n) is 3.93. The van der Waals surface area contributed by atoms with Crippen molar-refractivity contribution in [2.45, 2.75) is 31.2 Å². The van der Waals surface area contributed by atoms with Crippen molar-refractivity contribution in [2.24, 2.45) is 0 Å². The van der Waals surface area contributed by atoms with E-state index in [4.69, 9.17) is 9.15 Å². The van der Waals surface area contributed by atoms with Gasteiger partial charge >= 0.3 is 5.76 Å². The molecule has 7 heteroatoms. The zero-order chi connectivity index (χ0) is 20.3. The van der Waals surface area contributed by atoms with Crippen LogP contribution in [-0.2, 0) is 21.5 Å². The van der Waals surface area contributed by atoms with E-state index in [0.29, 0.717) is 30.9 Å². The third-order valence-electron chi connectivity index (χ3n) is 5.67. The van der Waals surface area contributed by atoms with Crippen molar-refractivity contribution in [1.29, 1.82) is 0 Å². The molecule has 1 aromatic heterocycles. The predicted octanol–water partition coefficient (Wildman–Crippen LogP) is 2.99. The van der Waals surface area contributed by atoms with Gasteiger partial charge in [0.05, 0.1) is 5.52 Å². The molecule has 1 amide bonds. The lowest BCUT2D eigenvalue weighted by atomic mass is 9.74. The molecule has 3 aromatic rings. The molecule has 152 valence electrons. The standard InChI is InChI=1S/C22H23FN2O4/c23-17-7-5-16(6-8-17)22(10-13-28-14-11-22)15-24-20(26)9-12-25-18-3-1-2-4-19(18)29-21(25)27/h1-8H,9-15H2,(H,24,26). The highest BCUT2D eigenvalue weighted by Crippen LogP contribution is 2.34. The van der Waals surface area contributed by atoms with Crippen LogP contribution in [0.2, 0.25) is 0 Å². The van der Waals surface area contributed by atoms with Crippen LogP contribution in [0.5, 0.6) is 0 Å². The zero-order valence-corrected chi connectivity index (χ0v) is 16.0. The number of hydrogen-bond acceptors (Lipinski definition) is 4. The van der Waals surface area contributed by atoms with Crippen LogP contribution in [0.1, 0.15) is 24.8 Å². The van der Waals surface area contributed by atoms with Gasteiger partial charge in [-0.15, -0.1) is 0 Å². The lowest BCUT2D eigenvalue weighted by molar-refractivity contribution is -0.121. The third kappa shape index (κ3) is 4.10. The number of benzene rings is 2. The number of carbonyl (C=O) groups is 1. The summed E-state index contributed by atoms with van der Waals surface area (Å²) in [6, 6.07) is 13.6. The minimum atomic E-state index is -0.466. The number of para-hydroxylation sites is 2. The SMILES string of the molecule is O=C(CCn1c(=O)oc2ccccc21)NCC1(c2ccc(F)cc2)CCOCC1. The van der Waals surface area contributed by atoms with Crippen molar-refractivity contribution >= 4 is 17.0 Å². The number of halogens is 1. The van der Waals surface area contributed by atoms with E-state index in [9.17, 15) is 14.0 Å². The van der Waals surface area contributed by atoms with Gasteiger partial charge in [0.15, 0.2) is 5.58 Å². The Hall–Kier alpha value is -2.93. The van der Waals surface area contributed by atoms with Crippen molar-refractivity contribution < 1.29 is 18.3 Å². The molecule has 2 heterocycles. The summed E-state index contributed by atoms with van der Waals surface area (Å²) < 4.78 is 25.5. The van der Waals surface area contributed by atoms with Crippen LogP contribution >= 0.6 is 0 Å². The Kier molecular flexibility index (Phi) is 5.49. The molecule has 0 bridgehead atoms. The van der Waals surface area contributed by atoms with Gasteiger partial charge in [0.1, 0.15) is 5.82 Å². The van der Waals surface area contributed by atoms with Gasteiger partial charge in [-0.05, 0) is 42.7 Å². The van der Waals surface area contributed by atoms with Gasteiger partial charge in [-0.2, -0.15) is 0 Å². The highest BCUT2D eigenvalue weighted by molar-refractivity contribution is 5.77. The second-order valence-electron chi connectivity index (χ2n) is 7.41. The van der Waals surface area contributed by atoms with E-state index < -0.39 is 5.76 Å². The molecule has 0 spiro atoms. The lowest BCUT2D eigenvalue weighted by Crippen LogP contribution is -2.44. The predicted molar refractivity (Wildman–Crippen MR) is 106 cm³/mol. The van der Waals surface area contributed by atoms with Crippen molar-refractivity contribution in [3.05, 3.63) is 70.5 Å². The maximum atomic E-state index is 13.3. The summed E-state index contributed by atoms with van der Waals surface area (Å²) in [5, 5.41) is 3.00. The molecule has 0 atom stereocenters. The zero-order valence-electron chi connectivity index (χ0n) is 16.0. The van der Waals surface area contributed by atoms with Gasteiger partial charge in [-0.25, -0.2) is 9.18 Å². The smallest absolute Gasteiger partial charge is 0.408 e. The van der Waals surface area contributed by atoms with Gasteiger partial charge in [0, 0.05) is 38.1 Å². The van der Waals surface area contributed by atoms with Crippen LogP contribution in [0.25, 0.3) is 11.1 Å². The summed E-state index contributed by atoms with van der Waals surface area (Å²) in [7, 11) is 0. The van der Waals surface area contributed by atoms with Crippen LogP contribution in [0.3, 0.4) is 0 Å². The highest BCUT2D eigenvalue weighted by Gasteiger charge is 2.34. The number of nitrogens with one attached hydrogen (secondary N) is 1. The first-order valence-electron chi connectivity index (χ1n) is 9.76. The lowest BCUT2D eigenvalue weighted by Gasteiger charge is -2.38. The van der Waals surface area contributed by atoms with Gasteiger partial charge in [-0.1, -0.05) is 24.3 Å². The number of rotatable bonds is 6. The highest BCUT2D eigenvalue weighted by atomic mass is 19.1.